The van der Waals surface area contributed by atoms with Gasteiger partial charge in [0.1, 0.15) is 5.75 Å². The zero-order chi connectivity index (χ0) is 21.3. The number of methoxy groups -OCH3 is 1. The zero-order valence-electron chi connectivity index (χ0n) is 19.3. The van der Waals surface area contributed by atoms with Crippen molar-refractivity contribution in [2.75, 3.05) is 91.0 Å². The number of hydrogen-bond acceptors (Lipinski definition) is 5. The van der Waals surface area contributed by atoms with Crippen molar-refractivity contribution >= 4 is 11.6 Å². The molecule has 2 aliphatic rings. The van der Waals surface area contributed by atoms with Gasteiger partial charge in [0.05, 0.1) is 12.8 Å². The quantitative estimate of drug-likeness (QED) is 0.539. The molecule has 1 atom stereocenters. The lowest BCUT2D eigenvalue weighted by atomic mass is 10.1. The SMILES string of the molecule is CCN1CCN(CC(C)CNC(=NC)N2CCN(c3ccccc3OC)CC2)CC1. The molecule has 2 heterocycles. The molecule has 0 aliphatic carbocycles. The van der Waals surface area contributed by atoms with Crippen LogP contribution in [0.5, 0.6) is 5.75 Å². The number of ether oxygens (including phenoxy) is 1. The number of nitrogens with one attached hydrogen (secondary N) is 1. The van der Waals surface area contributed by atoms with E-state index in [0.29, 0.717) is 5.92 Å². The number of likely N-dealkylation sites (N-methyl/N-ethyl adjacent to an activating group) is 1. The number of nitrogens with zero attached hydrogens (tertiary/aromatic N) is 5. The largest absolute Gasteiger partial charge is 0.495 e. The third-order valence-corrected chi connectivity index (χ3v) is 6.31. The second-order valence-corrected chi connectivity index (χ2v) is 8.41. The van der Waals surface area contributed by atoms with E-state index < -0.39 is 0 Å². The smallest absolute Gasteiger partial charge is 0.193 e. The summed E-state index contributed by atoms with van der Waals surface area (Å²) in [6.45, 7) is 16.5. The third-order valence-electron chi connectivity index (χ3n) is 6.31. The predicted octanol–water partition coefficient (Wildman–Crippen LogP) is 1.67. The Morgan fingerprint density at radius 3 is 2.33 bits per heavy atom. The standard InChI is InChI=1S/C23H40N6O/c1-5-26-10-12-27(13-11-26)19-20(2)18-25-23(24-3)29-16-14-28(15-17-29)21-8-6-7-9-22(21)30-4/h6-9,20H,5,10-19H2,1-4H3,(H,24,25). The van der Waals surface area contributed by atoms with E-state index in [4.69, 9.17) is 4.74 Å². The molecule has 0 amide bonds. The number of hydrogen-bond donors (Lipinski definition) is 1. The highest BCUT2D eigenvalue weighted by atomic mass is 16.5. The van der Waals surface area contributed by atoms with Crippen LogP contribution >= 0.6 is 0 Å². The van der Waals surface area contributed by atoms with E-state index in [1.165, 1.54) is 38.4 Å². The molecule has 7 nitrogen and oxygen atoms in total. The van der Waals surface area contributed by atoms with Crippen LogP contribution in [0, 0.1) is 5.92 Å². The van der Waals surface area contributed by atoms with E-state index in [9.17, 15) is 0 Å². The van der Waals surface area contributed by atoms with Gasteiger partial charge >= 0.3 is 0 Å². The number of aliphatic imine (C=N–C) groups is 1. The summed E-state index contributed by atoms with van der Waals surface area (Å²) in [6, 6.07) is 8.28. The van der Waals surface area contributed by atoms with Crippen LogP contribution in [0.1, 0.15) is 13.8 Å². The fraction of sp³-hybridized carbons (Fsp3) is 0.696. The normalized spacial score (nSPS) is 20.3. The first-order valence-corrected chi connectivity index (χ1v) is 11.4. The van der Waals surface area contributed by atoms with Crippen LogP contribution in [0.25, 0.3) is 0 Å². The van der Waals surface area contributed by atoms with Gasteiger partial charge < -0.3 is 29.7 Å². The molecule has 1 aromatic rings. The molecule has 2 fully saturated rings. The van der Waals surface area contributed by atoms with Crippen molar-refractivity contribution in [3.8, 4) is 5.75 Å². The summed E-state index contributed by atoms with van der Waals surface area (Å²) in [5.41, 5.74) is 1.18. The molecular weight excluding hydrogens is 376 g/mol. The van der Waals surface area contributed by atoms with Crippen molar-refractivity contribution in [2.24, 2.45) is 10.9 Å². The Morgan fingerprint density at radius 2 is 1.70 bits per heavy atom. The Balaban J connectivity index is 1.42. The maximum absolute atomic E-state index is 5.54. The lowest BCUT2D eigenvalue weighted by Gasteiger charge is -2.38. The third kappa shape index (κ3) is 6.01. The van der Waals surface area contributed by atoms with Gasteiger partial charge in [-0.15, -0.1) is 0 Å². The van der Waals surface area contributed by atoms with Gasteiger partial charge in [-0.25, -0.2) is 0 Å². The number of benzene rings is 1. The van der Waals surface area contributed by atoms with Gasteiger partial charge in [-0.05, 0) is 24.6 Å². The highest BCUT2D eigenvalue weighted by molar-refractivity contribution is 5.80. The van der Waals surface area contributed by atoms with E-state index in [1.807, 2.05) is 19.2 Å². The average molecular weight is 417 g/mol. The van der Waals surface area contributed by atoms with Crippen molar-refractivity contribution in [3.63, 3.8) is 0 Å². The maximum atomic E-state index is 5.54. The summed E-state index contributed by atoms with van der Waals surface area (Å²) in [5, 5.41) is 3.62. The molecular formula is C23H40N6O. The van der Waals surface area contributed by atoms with Crippen molar-refractivity contribution < 1.29 is 4.74 Å². The van der Waals surface area contributed by atoms with Crippen molar-refractivity contribution in [1.82, 2.24) is 20.0 Å². The zero-order valence-corrected chi connectivity index (χ0v) is 19.3. The van der Waals surface area contributed by atoms with E-state index >= 15 is 0 Å². The number of anilines is 1. The Morgan fingerprint density at radius 1 is 1.03 bits per heavy atom. The first kappa shape index (κ1) is 22.7. The fourth-order valence-electron chi connectivity index (χ4n) is 4.44. The van der Waals surface area contributed by atoms with Crippen molar-refractivity contribution in [1.29, 1.82) is 0 Å². The first-order valence-electron chi connectivity index (χ1n) is 11.4. The number of para-hydroxylation sites is 2. The lowest BCUT2D eigenvalue weighted by Crippen LogP contribution is -2.53. The lowest BCUT2D eigenvalue weighted by molar-refractivity contribution is 0.124. The van der Waals surface area contributed by atoms with Crippen LogP contribution in [0.2, 0.25) is 0 Å². The molecule has 2 aliphatic heterocycles. The van der Waals surface area contributed by atoms with Crippen molar-refractivity contribution in [3.05, 3.63) is 24.3 Å². The second-order valence-electron chi connectivity index (χ2n) is 8.41. The van der Waals surface area contributed by atoms with Gasteiger partial charge in [-0.3, -0.25) is 4.99 Å². The van der Waals surface area contributed by atoms with Gasteiger partial charge in [0.15, 0.2) is 5.96 Å². The fourth-order valence-corrected chi connectivity index (χ4v) is 4.44. The van der Waals surface area contributed by atoms with Crippen LogP contribution in [0.4, 0.5) is 5.69 Å². The number of guanidine groups is 1. The van der Waals surface area contributed by atoms with Gasteiger partial charge in [0.2, 0.25) is 0 Å². The van der Waals surface area contributed by atoms with E-state index in [1.54, 1.807) is 7.11 Å². The molecule has 3 rings (SSSR count). The molecule has 0 radical (unpaired) electrons. The molecule has 2 saturated heterocycles. The highest BCUT2D eigenvalue weighted by Crippen LogP contribution is 2.28. The second kappa shape index (κ2) is 11.4. The average Bonchev–Trinajstić information content (AvgIpc) is 2.80. The summed E-state index contributed by atoms with van der Waals surface area (Å²) in [6.07, 6.45) is 0. The van der Waals surface area contributed by atoms with Crippen LogP contribution in [-0.2, 0) is 0 Å². The molecule has 30 heavy (non-hydrogen) atoms. The van der Waals surface area contributed by atoms with Crippen LogP contribution in [0.3, 0.4) is 0 Å². The number of rotatable bonds is 7. The number of piperazine rings is 2. The molecule has 1 unspecified atom stereocenters. The van der Waals surface area contributed by atoms with Crippen LogP contribution in [-0.4, -0.2) is 107 Å². The maximum Gasteiger partial charge on any atom is 0.193 e. The summed E-state index contributed by atoms with van der Waals surface area (Å²) < 4.78 is 5.54. The van der Waals surface area contributed by atoms with Gasteiger partial charge in [0, 0.05) is 72.5 Å². The molecule has 7 heteroatoms. The van der Waals surface area contributed by atoms with E-state index in [-0.39, 0.29) is 0 Å². The summed E-state index contributed by atoms with van der Waals surface area (Å²) >= 11 is 0. The van der Waals surface area contributed by atoms with Gasteiger partial charge in [0.25, 0.3) is 0 Å². The Hall–Kier alpha value is -1.99. The Kier molecular flexibility index (Phi) is 8.63. The minimum absolute atomic E-state index is 0.602. The van der Waals surface area contributed by atoms with Crippen LogP contribution in [0.15, 0.2) is 29.3 Å². The topological polar surface area (TPSA) is 46.6 Å². The molecule has 0 saturated carbocycles. The monoisotopic (exact) mass is 416 g/mol. The molecule has 168 valence electrons. The van der Waals surface area contributed by atoms with E-state index in [0.717, 1.165) is 51.0 Å². The van der Waals surface area contributed by atoms with Gasteiger partial charge in [-0.2, -0.15) is 0 Å². The Labute approximate surface area is 182 Å². The van der Waals surface area contributed by atoms with Crippen molar-refractivity contribution in [2.45, 2.75) is 13.8 Å². The first-order chi connectivity index (χ1) is 14.6. The predicted molar refractivity (Wildman–Crippen MR) is 126 cm³/mol. The molecule has 1 aromatic carbocycles. The Bertz CT molecular complexity index is 665. The van der Waals surface area contributed by atoms with E-state index in [2.05, 4.69) is 55.9 Å². The van der Waals surface area contributed by atoms with Gasteiger partial charge in [-0.1, -0.05) is 26.0 Å². The highest BCUT2D eigenvalue weighted by Gasteiger charge is 2.22. The molecule has 0 spiro atoms. The molecule has 0 bridgehead atoms. The minimum atomic E-state index is 0.602. The summed E-state index contributed by atoms with van der Waals surface area (Å²) in [7, 11) is 3.63. The summed E-state index contributed by atoms with van der Waals surface area (Å²) in [4.78, 5) is 14.5. The summed E-state index contributed by atoms with van der Waals surface area (Å²) in [5.74, 6) is 2.57. The molecule has 0 aromatic heterocycles. The minimum Gasteiger partial charge on any atom is -0.495 e. The van der Waals surface area contributed by atoms with Crippen LogP contribution < -0.4 is 15.0 Å². The molecule has 1 N–H and O–H groups in total.